The van der Waals surface area contributed by atoms with Gasteiger partial charge in [-0.25, -0.2) is 4.98 Å². The van der Waals surface area contributed by atoms with Crippen LogP contribution < -0.4 is 10.2 Å². The largest absolute Gasteiger partial charge is 0.369 e. The highest BCUT2D eigenvalue weighted by Gasteiger charge is 2.17. The maximum absolute atomic E-state index is 6.27. The predicted octanol–water partition coefficient (Wildman–Crippen LogP) is 4.84. The zero-order valence-corrected chi connectivity index (χ0v) is 13.6. The molecule has 0 atom stereocenters. The molecular formula is C14H23Cl2N3. The Balaban J connectivity index is 3.05. The van der Waals surface area contributed by atoms with Crippen LogP contribution in [0.15, 0.2) is 6.07 Å². The second kappa shape index (κ2) is 7.81. The summed E-state index contributed by atoms with van der Waals surface area (Å²) in [6.45, 7) is 7.30. The van der Waals surface area contributed by atoms with Gasteiger partial charge < -0.3 is 10.2 Å². The number of anilines is 2. The summed E-state index contributed by atoms with van der Waals surface area (Å²) in [6, 6.07) is 2.20. The summed E-state index contributed by atoms with van der Waals surface area (Å²) in [5, 5.41) is 4.40. The van der Waals surface area contributed by atoms with Crippen LogP contribution in [-0.4, -0.2) is 24.6 Å². The van der Waals surface area contributed by atoms with Crippen molar-refractivity contribution in [3.05, 3.63) is 16.1 Å². The Bertz CT molecular complexity index is 406. The molecule has 108 valence electrons. The van der Waals surface area contributed by atoms with E-state index in [0.717, 1.165) is 31.6 Å². The molecule has 1 aromatic rings. The molecule has 0 spiro atoms. The van der Waals surface area contributed by atoms with E-state index in [0.29, 0.717) is 21.9 Å². The summed E-state index contributed by atoms with van der Waals surface area (Å²) in [4.78, 5) is 6.71. The number of hydrogen-bond donors (Lipinski definition) is 1. The van der Waals surface area contributed by atoms with Crippen LogP contribution in [-0.2, 0) is 0 Å². The van der Waals surface area contributed by atoms with Crippen molar-refractivity contribution in [2.75, 3.05) is 23.8 Å². The molecule has 1 aromatic heterocycles. The van der Waals surface area contributed by atoms with Crippen LogP contribution in [0.5, 0.6) is 0 Å². The van der Waals surface area contributed by atoms with Crippen molar-refractivity contribution in [2.24, 2.45) is 0 Å². The average Bonchev–Trinajstić information content (AvgIpc) is 2.39. The minimum absolute atomic E-state index is 0.435. The molecule has 19 heavy (non-hydrogen) atoms. The minimum Gasteiger partial charge on any atom is -0.369 e. The molecule has 0 saturated carbocycles. The fourth-order valence-electron chi connectivity index (χ4n) is 2.08. The van der Waals surface area contributed by atoms with Crippen LogP contribution in [0.25, 0.3) is 0 Å². The van der Waals surface area contributed by atoms with Gasteiger partial charge in [0.15, 0.2) is 0 Å². The molecule has 5 heteroatoms. The lowest BCUT2D eigenvalue weighted by atomic mass is 10.1. The van der Waals surface area contributed by atoms with E-state index in [9.17, 15) is 0 Å². The summed E-state index contributed by atoms with van der Waals surface area (Å²) >= 11 is 12.4. The number of hydrogen-bond acceptors (Lipinski definition) is 3. The molecule has 0 unspecified atom stereocenters. The van der Waals surface area contributed by atoms with Gasteiger partial charge in [0.1, 0.15) is 11.6 Å². The van der Waals surface area contributed by atoms with Crippen LogP contribution >= 0.6 is 23.2 Å². The van der Waals surface area contributed by atoms with Crippen LogP contribution in [0, 0.1) is 0 Å². The summed E-state index contributed by atoms with van der Waals surface area (Å²) in [5.74, 6) is 1.50. The van der Waals surface area contributed by atoms with Crippen molar-refractivity contribution in [1.82, 2.24) is 4.98 Å². The molecule has 0 fully saturated rings. The second-order valence-electron chi connectivity index (χ2n) is 4.63. The highest BCUT2D eigenvalue weighted by molar-refractivity contribution is 6.37. The van der Waals surface area contributed by atoms with Gasteiger partial charge in [-0.2, -0.15) is 0 Å². The van der Waals surface area contributed by atoms with E-state index in [2.05, 4.69) is 36.0 Å². The molecule has 1 heterocycles. The molecule has 0 radical (unpaired) electrons. The van der Waals surface area contributed by atoms with E-state index in [4.69, 9.17) is 23.2 Å². The van der Waals surface area contributed by atoms with Crippen molar-refractivity contribution in [3.63, 3.8) is 0 Å². The van der Waals surface area contributed by atoms with Gasteiger partial charge in [-0.15, -0.1) is 0 Å². The normalized spacial score (nSPS) is 10.9. The maximum Gasteiger partial charge on any atom is 0.149 e. The van der Waals surface area contributed by atoms with Crippen molar-refractivity contribution >= 4 is 34.8 Å². The number of rotatable bonds is 7. The number of aromatic nitrogens is 1. The van der Waals surface area contributed by atoms with Gasteiger partial charge >= 0.3 is 0 Å². The summed E-state index contributed by atoms with van der Waals surface area (Å²) in [5.41, 5.74) is 0. The van der Waals surface area contributed by atoms with E-state index in [1.165, 1.54) is 0 Å². The first kappa shape index (κ1) is 16.4. The van der Waals surface area contributed by atoms with Crippen LogP contribution in [0.4, 0.5) is 11.6 Å². The zero-order valence-electron chi connectivity index (χ0n) is 12.1. The fraction of sp³-hybridized carbons (Fsp3) is 0.643. The third-order valence-corrected chi connectivity index (χ3v) is 3.84. The van der Waals surface area contributed by atoms with E-state index in [1.54, 1.807) is 6.07 Å². The topological polar surface area (TPSA) is 28.2 Å². The summed E-state index contributed by atoms with van der Waals surface area (Å²) in [6.07, 6.45) is 3.15. The minimum atomic E-state index is 0.435. The lowest BCUT2D eigenvalue weighted by Gasteiger charge is -2.28. The van der Waals surface area contributed by atoms with Gasteiger partial charge in [0.05, 0.1) is 10.0 Å². The van der Waals surface area contributed by atoms with Crippen molar-refractivity contribution in [1.29, 1.82) is 0 Å². The Morgan fingerprint density at radius 2 is 1.84 bits per heavy atom. The summed E-state index contributed by atoms with van der Waals surface area (Å²) in [7, 11) is 2.03. The Kier molecular flexibility index (Phi) is 6.73. The lowest BCUT2D eigenvalue weighted by molar-refractivity contribution is 0.587. The van der Waals surface area contributed by atoms with Gasteiger partial charge in [-0.1, -0.05) is 44.0 Å². The third kappa shape index (κ3) is 4.15. The monoisotopic (exact) mass is 303 g/mol. The third-order valence-electron chi connectivity index (χ3n) is 3.28. The van der Waals surface area contributed by atoms with Gasteiger partial charge in [0, 0.05) is 19.6 Å². The SMILES string of the molecule is CCCNc1nc(N(C)C(CC)CC)c(Cl)cc1Cl. The molecule has 0 aliphatic rings. The Morgan fingerprint density at radius 1 is 1.21 bits per heavy atom. The van der Waals surface area contributed by atoms with Crippen LogP contribution in [0.3, 0.4) is 0 Å². The fourth-order valence-corrected chi connectivity index (χ4v) is 2.64. The van der Waals surface area contributed by atoms with Crippen molar-refractivity contribution in [3.8, 4) is 0 Å². The first-order valence-electron chi connectivity index (χ1n) is 6.87. The Hall–Kier alpha value is -0.670. The molecule has 1 N–H and O–H groups in total. The smallest absolute Gasteiger partial charge is 0.149 e. The number of pyridine rings is 1. The molecule has 0 aliphatic carbocycles. The van der Waals surface area contributed by atoms with E-state index in [-0.39, 0.29) is 0 Å². The zero-order chi connectivity index (χ0) is 14.4. The van der Waals surface area contributed by atoms with Crippen molar-refractivity contribution < 1.29 is 0 Å². The number of halogens is 2. The molecule has 0 aliphatic heterocycles. The quantitative estimate of drug-likeness (QED) is 0.781. The standard InChI is InChI=1S/C14H23Cl2N3/c1-5-8-17-13-11(15)9-12(16)14(18-13)19(4)10(6-2)7-3/h9-10H,5-8H2,1-4H3,(H,17,18). The molecule has 0 bridgehead atoms. The molecule has 3 nitrogen and oxygen atoms in total. The highest BCUT2D eigenvalue weighted by atomic mass is 35.5. The average molecular weight is 304 g/mol. The number of nitrogens with one attached hydrogen (secondary N) is 1. The van der Waals surface area contributed by atoms with E-state index in [1.807, 2.05) is 7.05 Å². The summed E-state index contributed by atoms with van der Waals surface area (Å²) < 4.78 is 0. The second-order valence-corrected chi connectivity index (χ2v) is 5.45. The van der Waals surface area contributed by atoms with Gasteiger partial charge in [-0.05, 0) is 25.3 Å². The highest BCUT2D eigenvalue weighted by Crippen LogP contribution is 2.32. The van der Waals surface area contributed by atoms with Crippen LogP contribution in [0.2, 0.25) is 10.0 Å². The van der Waals surface area contributed by atoms with Crippen LogP contribution in [0.1, 0.15) is 40.0 Å². The molecule has 0 saturated heterocycles. The van der Waals surface area contributed by atoms with E-state index >= 15 is 0 Å². The van der Waals surface area contributed by atoms with Gasteiger partial charge in [0.25, 0.3) is 0 Å². The van der Waals surface area contributed by atoms with E-state index < -0.39 is 0 Å². The maximum atomic E-state index is 6.27. The first-order chi connectivity index (χ1) is 9.04. The van der Waals surface area contributed by atoms with Crippen molar-refractivity contribution in [2.45, 2.75) is 46.1 Å². The van der Waals surface area contributed by atoms with Gasteiger partial charge in [0.2, 0.25) is 0 Å². The Morgan fingerprint density at radius 3 is 2.37 bits per heavy atom. The van der Waals surface area contributed by atoms with Gasteiger partial charge in [-0.3, -0.25) is 0 Å². The lowest BCUT2D eigenvalue weighted by Crippen LogP contribution is -2.31. The number of nitrogens with zero attached hydrogens (tertiary/aromatic N) is 2. The Labute approximate surface area is 126 Å². The molecule has 1 rings (SSSR count). The molecule has 0 aromatic carbocycles. The first-order valence-corrected chi connectivity index (χ1v) is 7.63. The predicted molar refractivity (Wildman–Crippen MR) is 85.8 cm³/mol. The molecular weight excluding hydrogens is 281 g/mol. The molecule has 0 amide bonds.